The number of unbranched alkanes of at least 4 members (excludes halogenated alkanes) is 29. The Bertz CT molecular complexity index is 1700. The number of aliphatic hydroxyl groups excluding tert-OH is 1. The Hall–Kier alpha value is -1.94. The summed E-state index contributed by atoms with van der Waals surface area (Å²) < 4.78 is 68.0. The summed E-state index contributed by atoms with van der Waals surface area (Å²) in [7, 11) is -9.89. The Morgan fingerprint density at radius 1 is 0.294 bits per heavy atom. The second-order valence-electron chi connectivity index (χ2n) is 25.8. The summed E-state index contributed by atoms with van der Waals surface area (Å²) in [6, 6.07) is 0. The Kier molecular flexibility index (Phi) is 54.8. The molecule has 0 aromatic heterocycles. The van der Waals surface area contributed by atoms with Crippen LogP contribution in [-0.4, -0.2) is 96.7 Å². The minimum absolute atomic E-state index is 0.102. The lowest BCUT2D eigenvalue weighted by Crippen LogP contribution is -2.30. The highest BCUT2D eigenvalue weighted by Crippen LogP contribution is 2.45. The van der Waals surface area contributed by atoms with Crippen LogP contribution >= 0.6 is 15.6 Å². The number of aliphatic hydroxyl groups is 1. The number of carbonyl (C=O) groups excluding carboxylic acids is 4. The minimum Gasteiger partial charge on any atom is -0.462 e. The number of esters is 4. The zero-order chi connectivity index (χ0) is 63.2. The van der Waals surface area contributed by atoms with Crippen LogP contribution in [0.5, 0.6) is 0 Å². The lowest BCUT2D eigenvalue weighted by Gasteiger charge is -2.21. The van der Waals surface area contributed by atoms with Gasteiger partial charge in [0.2, 0.25) is 0 Å². The molecule has 0 aromatic carbocycles. The molecule has 85 heavy (non-hydrogen) atoms. The maximum Gasteiger partial charge on any atom is 0.472 e. The van der Waals surface area contributed by atoms with Gasteiger partial charge in [-0.1, -0.05) is 267 Å². The van der Waals surface area contributed by atoms with Gasteiger partial charge < -0.3 is 33.8 Å². The number of hydrogen-bond acceptors (Lipinski definition) is 15. The van der Waals surface area contributed by atoms with Crippen molar-refractivity contribution in [2.75, 3.05) is 39.6 Å². The van der Waals surface area contributed by atoms with Crippen molar-refractivity contribution in [3.63, 3.8) is 0 Å². The molecule has 0 amide bonds. The summed E-state index contributed by atoms with van der Waals surface area (Å²) in [4.78, 5) is 72.3. The van der Waals surface area contributed by atoms with Crippen LogP contribution in [0.1, 0.15) is 319 Å². The van der Waals surface area contributed by atoms with Crippen LogP contribution in [0.4, 0.5) is 0 Å². The summed E-state index contributed by atoms with van der Waals surface area (Å²) in [5.74, 6) is 0.744. The summed E-state index contributed by atoms with van der Waals surface area (Å²) in [5.41, 5.74) is 0. The largest absolute Gasteiger partial charge is 0.472 e. The molecule has 504 valence electrons. The van der Waals surface area contributed by atoms with Crippen LogP contribution in [0.3, 0.4) is 0 Å². The highest BCUT2D eigenvalue weighted by Gasteiger charge is 2.30. The molecule has 5 atom stereocenters. The zero-order valence-corrected chi connectivity index (χ0v) is 57.0. The van der Waals surface area contributed by atoms with E-state index < -0.39 is 97.5 Å². The number of phosphoric ester groups is 2. The highest BCUT2D eigenvalue weighted by atomic mass is 31.2. The SMILES string of the molecule is CC(C)CCCCCCCCCCCCCCC(=O)O[C@H](COC(=O)CCCCCCCCCC(C)C)COP(=O)(O)OCC(O)COP(=O)(O)OC[C@@H](COC(=O)CCCCCCCCCC(C)C)OC(=O)CCCCCCCCCC(C)C. The summed E-state index contributed by atoms with van der Waals surface area (Å²) >= 11 is 0. The third-order valence-electron chi connectivity index (χ3n) is 15.1. The van der Waals surface area contributed by atoms with Gasteiger partial charge in [-0.05, 0) is 49.4 Å². The van der Waals surface area contributed by atoms with E-state index in [4.69, 9.17) is 37.0 Å². The van der Waals surface area contributed by atoms with Gasteiger partial charge in [0.1, 0.15) is 19.3 Å². The van der Waals surface area contributed by atoms with Crippen LogP contribution in [0.2, 0.25) is 0 Å². The lowest BCUT2D eigenvalue weighted by atomic mass is 10.0. The van der Waals surface area contributed by atoms with Crippen LogP contribution in [0.15, 0.2) is 0 Å². The Morgan fingerprint density at radius 2 is 0.494 bits per heavy atom. The first kappa shape index (κ1) is 83.1. The van der Waals surface area contributed by atoms with Crippen molar-refractivity contribution >= 4 is 39.5 Å². The van der Waals surface area contributed by atoms with E-state index in [0.29, 0.717) is 43.4 Å². The van der Waals surface area contributed by atoms with Gasteiger partial charge in [0.15, 0.2) is 12.2 Å². The van der Waals surface area contributed by atoms with Gasteiger partial charge in [0.05, 0.1) is 26.4 Å². The Balaban J connectivity index is 5.24. The number of ether oxygens (including phenoxy) is 4. The van der Waals surface area contributed by atoms with E-state index in [9.17, 15) is 43.2 Å². The average molecular weight is 1260 g/mol. The van der Waals surface area contributed by atoms with E-state index in [2.05, 4.69) is 55.4 Å². The van der Waals surface area contributed by atoms with Crippen molar-refractivity contribution in [1.82, 2.24) is 0 Å². The van der Waals surface area contributed by atoms with Crippen LogP contribution in [0.25, 0.3) is 0 Å². The molecule has 0 saturated carbocycles. The predicted octanol–water partition coefficient (Wildman–Crippen LogP) is 18.1. The first-order chi connectivity index (χ1) is 40.6. The van der Waals surface area contributed by atoms with E-state index in [1.165, 1.54) is 109 Å². The molecule has 0 aliphatic carbocycles. The lowest BCUT2D eigenvalue weighted by molar-refractivity contribution is -0.161. The fourth-order valence-electron chi connectivity index (χ4n) is 9.78. The average Bonchev–Trinajstić information content (AvgIpc) is 3.55. The third-order valence-corrected chi connectivity index (χ3v) is 17.0. The van der Waals surface area contributed by atoms with Gasteiger partial charge in [-0.2, -0.15) is 0 Å². The fraction of sp³-hybridized carbons (Fsp3) is 0.939. The van der Waals surface area contributed by atoms with E-state index in [1.807, 2.05) is 0 Å². The Morgan fingerprint density at radius 3 is 0.729 bits per heavy atom. The molecule has 3 N–H and O–H groups in total. The third kappa shape index (κ3) is 60.7. The van der Waals surface area contributed by atoms with Crippen molar-refractivity contribution < 1.29 is 80.2 Å². The summed E-state index contributed by atoms with van der Waals surface area (Å²) in [5, 5.41) is 10.5. The second-order valence-corrected chi connectivity index (χ2v) is 28.7. The number of phosphoric acid groups is 2. The molecular formula is C66H128O17P2. The van der Waals surface area contributed by atoms with E-state index >= 15 is 0 Å². The molecule has 19 heteroatoms. The van der Waals surface area contributed by atoms with Crippen LogP contribution in [-0.2, 0) is 65.4 Å². The maximum atomic E-state index is 13.0. The van der Waals surface area contributed by atoms with Crippen molar-refractivity contribution in [2.24, 2.45) is 23.7 Å². The second kappa shape index (κ2) is 56.1. The van der Waals surface area contributed by atoms with Crippen molar-refractivity contribution in [3.8, 4) is 0 Å². The molecule has 0 aromatic rings. The first-order valence-corrected chi connectivity index (χ1v) is 37.2. The van der Waals surface area contributed by atoms with Crippen molar-refractivity contribution in [1.29, 1.82) is 0 Å². The van der Waals surface area contributed by atoms with Crippen molar-refractivity contribution in [3.05, 3.63) is 0 Å². The number of carbonyl (C=O) groups is 4. The summed E-state index contributed by atoms with van der Waals surface area (Å²) in [6.07, 6.45) is 36.4. The monoisotopic (exact) mass is 1250 g/mol. The molecule has 0 aliphatic heterocycles. The molecule has 17 nitrogen and oxygen atoms in total. The topological polar surface area (TPSA) is 237 Å². The quantitative estimate of drug-likeness (QED) is 0.0222. The van der Waals surface area contributed by atoms with E-state index in [1.54, 1.807) is 0 Å². The first-order valence-electron chi connectivity index (χ1n) is 34.2. The standard InChI is InChI=1S/C66H128O17P2/c1-56(2)42-34-26-18-13-11-9-10-12-14-22-32-40-48-65(70)82-61(52-76-63(68)46-38-30-23-15-19-27-35-43-57(3)4)54-80-84(72,73)78-50-60(67)51-79-85(74,75)81-55-62(83-66(71)49-41-33-25-17-21-29-37-45-59(7)8)53-77-64(69)47-39-31-24-16-20-28-36-44-58(5)6/h56-62,67H,9-55H2,1-8H3,(H,72,73)(H,74,75)/t60?,61-,62-/m1/s1. The Labute approximate surface area is 517 Å². The smallest absolute Gasteiger partial charge is 0.462 e. The van der Waals surface area contributed by atoms with Gasteiger partial charge in [0.25, 0.3) is 0 Å². The van der Waals surface area contributed by atoms with E-state index in [0.717, 1.165) is 109 Å². The van der Waals surface area contributed by atoms with Crippen LogP contribution < -0.4 is 0 Å². The molecule has 0 heterocycles. The van der Waals surface area contributed by atoms with Gasteiger partial charge >= 0.3 is 39.5 Å². The van der Waals surface area contributed by atoms with Crippen molar-refractivity contribution in [2.45, 2.75) is 337 Å². The number of rotatable bonds is 63. The van der Waals surface area contributed by atoms with E-state index in [-0.39, 0.29) is 25.7 Å². The molecule has 3 unspecified atom stereocenters. The van der Waals surface area contributed by atoms with Crippen LogP contribution in [0, 0.1) is 23.7 Å². The van der Waals surface area contributed by atoms with Gasteiger partial charge in [-0.15, -0.1) is 0 Å². The predicted molar refractivity (Wildman–Crippen MR) is 340 cm³/mol. The summed E-state index contributed by atoms with van der Waals surface area (Å²) in [6.45, 7) is 13.9. The molecule has 0 radical (unpaired) electrons. The maximum absolute atomic E-state index is 13.0. The molecule has 0 spiro atoms. The molecular weight excluding hydrogens is 1130 g/mol. The fourth-order valence-corrected chi connectivity index (χ4v) is 11.4. The van der Waals surface area contributed by atoms with Gasteiger partial charge in [-0.3, -0.25) is 37.3 Å². The molecule has 0 rings (SSSR count). The zero-order valence-electron chi connectivity index (χ0n) is 55.2. The van der Waals surface area contributed by atoms with Gasteiger partial charge in [0, 0.05) is 25.7 Å². The molecule has 0 bridgehead atoms. The normalized spacial score (nSPS) is 14.4. The van der Waals surface area contributed by atoms with Gasteiger partial charge in [-0.25, -0.2) is 9.13 Å². The molecule has 0 aliphatic rings. The molecule has 0 saturated heterocycles. The number of hydrogen-bond donors (Lipinski definition) is 3. The highest BCUT2D eigenvalue weighted by molar-refractivity contribution is 7.47. The molecule has 0 fully saturated rings. The minimum atomic E-state index is -4.95.